The topological polar surface area (TPSA) is 135 Å². The number of hydrogen-bond donors (Lipinski definition) is 4. The Balaban J connectivity index is 2.23. The third-order valence-corrected chi connectivity index (χ3v) is 12.1. The minimum Gasteiger partial charge on any atom is -0.457 e. The van der Waals surface area contributed by atoms with E-state index < -0.39 is 43.4 Å². The maximum atomic E-state index is 12.9. The summed E-state index contributed by atoms with van der Waals surface area (Å²) >= 11 is 0. The van der Waals surface area contributed by atoms with Gasteiger partial charge in [0.1, 0.15) is 30.5 Å². The van der Waals surface area contributed by atoms with Crippen molar-refractivity contribution in [2.45, 2.75) is 250 Å². The molecular weight excluding hydrogens is 841 g/mol. The van der Waals surface area contributed by atoms with E-state index in [-0.39, 0.29) is 19.2 Å². The third-order valence-electron chi connectivity index (χ3n) is 12.1. The van der Waals surface area contributed by atoms with Crippen molar-refractivity contribution < 1.29 is 44.2 Å². The highest BCUT2D eigenvalue weighted by atomic mass is 16.7. The van der Waals surface area contributed by atoms with Crippen molar-refractivity contribution in [1.29, 1.82) is 0 Å². The zero-order valence-corrected chi connectivity index (χ0v) is 42.6. The van der Waals surface area contributed by atoms with Crippen LogP contribution in [0.25, 0.3) is 0 Å². The van der Waals surface area contributed by atoms with Crippen LogP contribution in [-0.2, 0) is 23.7 Å². The minimum absolute atomic E-state index is 0.112. The van der Waals surface area contributed by atoms with Gasteiger partial charge in [0.25, 0.3) is 0 Å². The van der Waals surface area contributed by atoms with E-state index >= 15 is 0 Å². The highest BCUT2D eigenvalue weighted by Gasteiger charge is 2.44. The molecule has 0 amide bonds. The second-order valence-electron chi connectivity index (χ2n) is 18.3. The summed E-state index contributed by atoms with van der Waals surface area (Å²) in [5, 5.41) is 40.3. The number of hydrogen-bond acceptors (Lipinski definition) is 9. The van der Waals surface area contributed by atoms with E-state index in [1.165, 1.54) is 109 Å². The molecule has 386 valence electrons. The Bertz CT molecular complexity index is 1300. The maximum Gasteiger partial charge on any atom is 0.306 e. The molecule has 9 heteroatoms. The Kier molecular flexibility index (Phi) is 45.1. The smallest absolute Gasteiger partial charge is 0.306 e. The molecule has 1 fully saturated rings. The molecule has 1 saturated heterocycles. The first-order chi connectivity index (χ1) is 32.9. The fourth-order valence-electron chi connectivity index (χ4n) is 7.88. The van der Waals surface area contributed by atoms with Gasteiger partial charge in [-0.15, -0.1) is 0 Å². The summed E-state index contributed by atoms with van der Waals surface area (Å²) in [7, 11) is 0. The Morgan fingerprint density at radius 2 is 0.910 bits per heavy atom. The molecule has 0 saturated carbocycles. The molecule has 4 N–H and O–H groups in total. The average Bonchev–Trinajstić information content (AvgIpc) is 3.33. The molecule has 0 aliphatic carbocycles. The standard InChI is InChI=1S/C58H100O9/c1-3-5-7-9-11-13-15-17-19-21-23-25-26-27-28-30-32-34-36-38-40-42-44-46-48-64-50-52(51-65-58-57(63)56(62)55(61)53(49-59)67-58)66-54(60)47-45-43-41-39-37-35-33-31-29-24-22-20-18-16-14-12-10-8-6-4-2/h5,7,11,13,17,19,23,25,27-28,32,34,38,40,52-53,55-59,61-63H,3-4,6,8-10,12,14-16,18,20-22,24,26,29-31,33,35-37,39,41-51H2,1-2H3/b7-5-,13-11-,19-17-,25-23-,28-27-,34-32-,40-38-. The van der Waals surface area contributed by atoms with Gasteiger partial charge in [-0.3, -0.25) is 4.79 Å². The van der Waals surface area contributed by atoms with Gasteiger partial charge in [0.2, 0.25) is 0 Å². The van der Waals surface area contributed by atoms with Crippen LogP contribution in [0.5, 0.6) is 0 Å². The molecule has 1 heterocycles. The molecule has 67 heavy (non-hydrogen) atoms. The lowest BCUT2D eigenvalue weighted by atomic mass is 9.99. The van der Waals surface area contributed by atoms with Crippen LogP contribution in [0.4, 0.5) is 0 Å². The van der Waals surface area contributed by atoms with Crippen LogP contribution < -0.4 is 0 Å². The molecule has 0 radical (unpaired) electrons. The van der Waals surface area contributed by atoms with E-state index in [0.29, 0.717) is 13.0 Å². The summed E-state index contributed by atoms with van der Waals surface area (Å²) in [6.07, 6.45) is 59.1. The summed E-state index contributed by atoms with van der Waals surface area (Å²) in [5.41, 5.74) is 0. The molecule has 9 nitrogen and oxygen atoms in total. The fraction of sp³-hybridized carbons (Fsp3) is 0.741. The van der Waals surface area contributed by atoms with Gasteiger partial charge in [0.15, 0.2) is 6.29 Å². The van der Waals surface area contributed by atoms with Crippen molar-refractivity contribution in [2.75, 3.05) is 26.4 Å². The molecule has 6 unspecified atom stereocenters. The summed E-state index contributed by atoms with van der Waals surface area (Å²) in [6, 6.07) is 0. The van der Waals surface area contributed by atoms with Crippen molar-refractivity contribution >= 4 is 5.97 Å². The molecule has 0 aromatic heterocycles. The zero-order valence-electron chi connectivity index (χ0n) is 42.6. The molecule has 0 aromatic rings. The molecule has 6 atom stereocenters. The Morgan fingerprint density at radius 3 is 1.34 bits per heavy atom. The second kappa shape index (κ2) is 48.4. The van der Waals surface area contributed by atoms with E-state index in [2.05, 4.69) is 98.9 Å². The number of esters is 1. The molecule has 1 rings (SSSR count). The number of rotatable bonds is 46. The summed E-state index contributed by atoms with van der Waals surface area (Å²) in [4.78, 5) is 12.9. The lowest BCUT2D eigenvalue weighted by Gasteiger charge is -2.39. The number of ether oxygens (including phenoxy) is 4. The van der Waals surface area contributed by atoms with Crippen LogP contribution in [-0.4, -0.2) is 89.6 Å². The molecule has 0 bridgehead atoms. The first-order valence-electron chi connectivity index (χ1n) is 27.2. The maximum absolute atomic E-state index is 12.9. The van der Waals surface area contributed by atoms with Gasteiger partial charge in [-0.25, -0.2) is 0 Å². The third kappa shape index (κ3) is 38.9. The minimum atomic E-state index is -1.55. The van der Waals surface area contributed by atoms with Crippen LogP contribution in [0.3, 0.4) is 0 Å². The van der Waals surface area contributed by atoms with Gasteiger partial charge < -0.3 is 39.4 Å². The van der Waals surface area contributed by atoms with Crippen molar-refractivity contribution in [3.8, 4) is 0 Å². The van der Waals surface area contributed by atoms with Gasteiger partial charge in [-0.1, -0.05) is 221 Å². The predicted molar refractivity (Wildman–Crippen MR) is 279 cm³/mol. The quantitative estimate of drug-likeness (QED) is 0.0267. The fourth-order valence-corrected chi connectivity index (χ4v) is 7.88. The van der Waals surface area contributed by atoms with Crippen LogP contribution >= 0.6 is 0 Å². The first kappa shape index (κ1) is 62.4. The largest absolute Gasteiger partial charge is 0.457 e. The number of unbranched alkanes of at least 4 members (excludes halogenated alkanes) is 21. The van der Waals surface area contributed by atoms with Gasteiger partial charge >= 0.3 is 5.97 Å². The summed E-state index contributed by atoms with van der Waals surface area (Å²) < 4.78 is 22.9. The molecular formula is C58H100O9. The monoisotopic (exact) mass is 941 g/mol. The van der Waals surface area contributed by atoms with E-state index in [9.17, 15) is 25.2 Å². The van der Waals surface area contributed by atoms with Gasteiger partial charge in [-0.2, -0.15) is 0 Å². The summed E-state index contributed by atoms with van der Waals surface area (Å²) in [6.45, 7) is 4.35. The van der Waals surface area contributed by atoms with Crippen molar-refractivity contribution in [3.63, 3.8) is 0 Å². The average molecular weight is 941 g/mol. The molecule has 1 aliphatic heterocycles. The number of carbonyl (C=O) groups excluding carboxylic acids is 1. The van der Waals surface area contributed by atoms with Gasteiger partial charge in [0.05, 0.1) is 19.8 Å². The van der Waals surface area contributed by atoms with Crippen molar-refractivity contribution in [1.82, 2.24) is 0 Å². The second-order valence-corrected chi connectivity index (χ2v) is 18.3. The van der Waals surface area contributed by atoms with Gasteiger partial charge in [-0.05, 0) is 70.6 Å². The Hall–Kier alpha value is -2.63. The Morgan fingerprint density at radius 1 is 0.493 bits per heavy atom. The Labute approximate surface area is 410 Å². The van der Waals surface area contributed by atoms with Crippen LogP contribution in [0.15, 0.2) is 85.1 Å². The SMILES string of the molecule is CC/C=C\C/C=C\C/C=C\C/C=C\C/C=C\C/C=C\C/C=C\CCCCOCC(COC1OC(CO)C(O)C(O)C1O)OC(=O)CCCCCCCCCCCCCCCCCCCCCC. The van der Waals surface area contributed by atoms with Crippen LogP contribution in [0.1, 0.15) is 213 Å². The van der Waals surface area contributed by atoms with E-state index in [4.69, 9.17) is 18.9 Å². The lowest BCUT2D eigenvalue weighted by molar-refractivity contribution is -0.305. The van der Waals surface area contributed by atoms with Crippen molar-refractivity contribution in [3.05, 3.63) is 85.1 Å². The number of allylic oxidation sites excluding steroid dienone is 14. The normalized spacial score (nSPS) is 19.9. The van der Waals surface area contributed by atoms with Gasteiger partial charge in [0, 0.05) is 13.0 Å². The zero-order chi connectivity index (χ0) is 48.5. The highest BCUT2D eigenvalue weighted by Crippen LogP contribution is 2.23. The number of aliphatic hydroxyl groups is 4. The molecule has 1 aliphatic rings. The molecule has 0 spiro atoms. The number of carbonyl (C=O) groups is 1. The summed E-state index contributed by atoms with van der Waals surface area (Å²) in [5.74, 6) is -0.328. The first-order valence-corrected chi connectivity index (χ1v) is 27.2. The molecule has 0 aromatic carbocycles. The lowest BCUT2D eigenvalue weighted by Crippen LogP contribution is -2.59. The number of aliphatic hydroxyl groups excluding tert-OH is 4. The van der Waals surface area contributed by atoms with E-state index in [1.54, 1.807) is 0 Å². The predicted octanol–water partition coefficient (Wildman–Crippen LogP) is 13.8. The van der Waals surface area contributed by atoms with E-state index in [0.717, 1.165) is 83.5 Å². The van der Waals surface area contributed by atoms with Crippen LogP contribution in [0.2, 0.25) is 0 Å². The van der Waals surface area contributed by atoms with Crippen LogP contribution in [0, 0.1) is 0 Å². The highest BCUT2D eigenvalue weighted by molar-refractivity contribution is 5.69. The van der Waals surface area contributed by atoms with E-state index in [1.807, 2.05) is 0 Å². The van der Waals surface area contributed by atoms with Crippen molar-refractivity contribution in [2.24, 2.45) is 0 Å².